The molecule has 0 unspecified atom stereocenters. The molecule has 1 heterocycles. The van der Waals surface area contributed by atoms with Gasteiger partial charge in [0.05, 0.1) is 16.7 Å². The lowest BCUT2D eigenvalue weighted by molar-refractivity contribution is -0.143. The molecule has 1 aromatic heterocycles. The second-order valence-corrected chi connectivity index (χ2v) is 6.49. The number of hydrogen-bond donors (Lipinski definition) is 1. The number of carbonyl (C=O) groups is 2. The van der Waals surface area contributed by atoms with E-state index in [0.717, 1.165) is 0 Å². The minimum atomic E-state index is -5.07. The number of aryl methyl sites for hydroxylation is 1. The van der Waals surface area contributed by atoms with E-state index in [4.69, 9.17) is 11.6 Å². The molecule has 1 aliphatic carbocycles. The minimum Gasteiger partial charge on any atom is -0.351 e. The van der Waals surface area contributed by atoms with Crippen LogP contribution in [0.2, 0.25) is 0 Å². The monoisotopic (exact) mass is 434 g/mol. The molecule has 0 aliphatic heterocycles. The zero-order chi connectivity index (χ0) is 21.7. The van der Waals surface area contributed by atoms with E-state index in [2.05, 4.69) is 10.3 Å². The van der Waals surface area contributed by atoms with Gasteiger partial charge in [0.15, 0.2) is 0 Å². The standard InChI is InChI=1S/C18H9ClF6N2O2/c1-7-2-3-11-13(26-7)16(29)12(19)14(15(11)28)27-10-5-8(17(20,21)22)4-9(6-10)18(23,24)25/h2-6,27H,1H3. The summed E-state index contributed by atoms with van der Waals surface area (Å²) in [5.74, 6) is -1.77. The molecule has 0 bridgehead atoms. The minimum absolute atomic E-state index is 0.0585. The van der Waals surface area contributed by atoms with Gasteiger partial charge in [0.25, 0.3) is 0 Å². The smallest absolute Gasteiger partial charge is 0.351 e. The maximum absolute atomic E-state index is 13.0. The van der Waals surface area contributed by atoms with Gasteiger partial charge in [-0.2, -0.15) is 26.3 Å². The number of ketones is 2. The Morgan fingerprint density at radius 2 is 1.45 bits per heavy atom. The molecule has 1 N–H and O–H groups in total. The van der Waals surface area contributed by atoms with Crippen molar-refractivity contribution in [1.82, 2.24) is 4.98 Å². The molecule has 152 valence electrons. The molecule has 3 rings (SSSR count). The fraction of sp³-hybridized carbons (Fsp3) is 0.167. The molecule has 1 aromatic carbocycles. The Hall–Kier alpha value is -2.88. The van der Waals surface area contributed by atoms with Crippen LogP contribution in [0, 0.1) is 6.92 Å². The lowest BCUT2D eigenvalue weighted by atomic mass is 9.96. The van der Waals surface area contributed by atoms with Crippen molar-refractivity contribution in [2.75, 3.05) is 5.32 Å². The van der Waals surface area contributed by atoms with Crippen molar-refractivity contribution in [2.45, 2.75) is 19.3 Å². The predicted octanol–water partition coefficient (Wildman–Crippen LogP) is 5.37. The van der Waals surface area contributed by atoms with Crippen LogP contribution in [0.4, 0.5) is 32.0 Å². The van der Waals surface area contributed by atoms with Gasteiger partial charge in [0.2, 0.25) is 11.6 Å². The predicted molar refractivity (Wildman–Crippen MR) is 90.6 cm³/mol. The van der Waals surface area contributed by atoms with Crippen molar-refractivity contribution in [3.05, 3.63) is 69.1 Å². The van der Waals surface area contributed by atoms with E-state index >= 15 is 0 Å². The fourth-order valence-corrected chi connectivity index (χ4v) is 2.87. The topological polar surface area (TPSA) is 59.1 Å². The Kier molecular flexibility index (Phi) is 4.94. The molecule has 0 saturated carbocycles. The van der Waals surface area contributed by atoms with Crippen molar-refractivity contribution in [3.8, 4) is 0 Å². The van der Waals surface area contributed by atoms with Crippen LogP contribution in [0.25, 0.3) is 0 Å². The van der Waals surface area contributed by atoms with Gasteiger partial charge < -0.3 is 5.32 Å². The molecule has 0 amide bonds. The lowest BCUT2D eigenvalue weighted by Gasteiger charge is -2.20. The summed E-state index contributed by atoms with van der Waals surface area (Å²) in [6.07, 6.45) is -10.1. The SMILES string of the molecule is Cc1ccc2c(n1)C(=O)C(Cl)=C(Nc1cc(C(F)(F)F)cc(C(F)(F)F)c1)C2=O. The molecule has 29 heavy (non-hydrogen) atoms. The van der Waals surface area contributed by atoms with Gasteiger partial charge in [-0.3, -0.25) is 9.59 Å². The normalized spacial score (nSPS) is 14.9. The largest absolute Gasteiger partial charge is 0.416 e. The maximum atomic E-state index is 13.0. The summed E-state index contributed by atoms with van der Waals surface area (Å²) in [5.41, 5.74) is -4.51. The highest BCUT2D eigenvalue weighted by Crippen LogP contribution is 2.38. The first-order valence-electron chi connectivity index (χ1n) is 7.82. The number of halogens is 7. The van der Waals surface area contributed by atoms with E-state index in [1.54, 1.807) is 6.92 Å². The number of benzene rings is 1. The number of carbonyl (C=O) groups excluding carboxylic acids is 2. The van der Waals surface area contributed by atoms with Gasteiger partial charge in [-0.25, -0.2) is 4.98 Å². The Balaban J connectivity index is 2.10. The van der Waals surface area contributed by atoms with E-state index < -0.39 is 51.5 Å². The second kappa shape index (κ2) is 6.87. The third kappa shape index (κ3) is 3.98. The zero-order valence-corrected chi connectivity index (χ0v) is 15.1. The zero-order valence-electron chi connectivity index (χ0n) is 14.3. The van der Waals surface area contributed by atoms with Crippen LogP contribution in [-0.2, 0) is 12.4 Å². The van der Waals surface area contributed by atoms with Crippen LogP contribution in [0.15, 0.2) is 41.1 Å². The summed E-state index contributed by atoms with van der Waals surface area (Å²) < 4.78 is 78.0. The molecule has 0 atom stereocenters. The van der Waals surface area contributed by atoms with Crippen molar-refractivity contribution in [2.24, 2.45) is 0 Å². The molecule has 4 nitrogen and oxygen atoms in total. The van der Waals surface area contributed by atoms with Gasteiger partial charge >= 0.3 is 12.4 Å². The van der Waals surface area contributed by atoms with Gasteiger partial charge in [0, 0.05) is 11.4 Å². The number of rotatable bonds is 2. The first-order valence-corrected chi connectivity index (χ1v) is 8.20. The third-order valence-corrected chi connectivity index (χ3v) is 4.36. The van der Waals surface area contributed by atoms with Gasteiger partial charge in [-0.1, -0.05) is 11.6 Å². The van der Waals surface area contributed by atoms with Crippen LogP contribution in [0.3, 0.4) is 0 Å². The van der Waals surface area contributed by atoms with Gasteiger partial charge in [0.1, 0.15) is 16.4 Å². The summed E-state index contributed by atoms with van der Waals surface area (Å²) in [6.45, 7) is 1.56. The second-order valence-electron chi connectivity index (χ2n) is 6.12. The average Bonchev–Trinajstić information content (AvgIpc) is 2.61. The number of nitrogens with zero attached hydrogens (tertiary/aromatic N) is 1. The van der Waals surface area contributed by atoms with E-state index in [1.807, 2.05) is 0 Å². The van der Waals surface area contributed by atoms with E-state index in [9.17, 15) is 35.9 Å². The number of allylic oxidation sites excluding steroid dienone is 2. The molecule has 2 aromatic rings. The molecule has 0 fully saturated rings. The quantitative estimate of drug-likeness (QED) is 0.646. The molecule has 0 saturated heterocycles. The van der Waals surface area contributed by atoms with Gasteiger partial charge in [-0.05, 0) is 37.3 Å². The number of aromatic nitrogens is 1. The molecule has 0 spiro atoms. The Morgan fingerprint density at radius 3 is 1.97 bits per heavy atom. The van der Waals surface area contributed by atoms with E-state index in [1.165, 1.54) is 12.1 Å². The molecule has 0 radical (unpaired) electrons. The lowest BCUT2D eigenvalue weighted by Crippen LogP contribution is -2.26. The highest BCUT2D eigenvalue weighted by Gasteiger charge is 2.38. The highest BCUT2D eigenvalue weighted by atomic mass is 35.5. The number of pyridine rings is 1. The van der Waals surface area contributed by atoms with Crippen LogP contribution >= 0.6 is 11.6 Å². The number of nitrogens with one attached hydrogen (secondary N) is 1. The maximum Gasteiger partial charge on any atom is 0.416 e. The highest BCUT2D eigenvalue weighted by molar-refractivity contribution is 6.50. The van der Waals surface area contributed by atoms with Crippen LogP contribution < -0.4 is 5.32 Å². The van der Waals surface area contributed by atoms with E-state index in [-0.39, 0.29) is 17.3 Å². The van der Waals surface area contributed by atoms with Crippen LogP contribution in [0.5, 0.6) is 0 Å². The number of hydrogen-bond acceptors (Lipinski definition) is 4. The molecule has 1 aliphatic rings. The number of alkyl halides is 6. The summed E-state index contributed by atoms with van der Waals surface area (Å²) in [4.78, 5) is 28.9. The molecular formula is C18H9ClF6N2O2. The first-order chi connectivity index (χ1) is 13.3. The summed E-state index contributed by atoms with van der Waals surface area (Å²) in [5, 5.41) is 1.45. The van der Waals surface area contributed by atoms with Crippen LogP contribution in [-0.4, -0.2) is 16.6 Å². The van der Waals surface area contributed by atoms with Crippen molar-refractivity contribution in [3.63, 3.8) is 0 Å². The van der Waals surface area contributed by atoms with Crippen molar-refractivity contribution >= 4 is 28.9 Å². The molecular weight excluding hydrogens is 426 g/mol. The number of fused-ring (bicyclic) bond motifs is 1. The van der Waals surface area contributed by atoms with Gasteiger partial charge in [-0.15, -0.1) is 0 Å². The average molecular weight is 435 g/mol. The Morgan fingerprint density at radius 1 is 0.897 bits per heavy atom. The fourth-order valence-electron chi connectivity index (χ4n) is 2.65. The van der Waals surface area contributed by atoms with Crippen molar-refractivity contribution < 1.29 is 35.9 Å². The summed E-state index contributed by atoms with van der Waals surface area (Å²) in [7, 11) is 0. The third-order valence-electron chi connectivity index (χ3n) is 4.00. The summed E-state index contributed by atoms with van der Waals surface area (Å²) in [6, 6.07) is 3.40. The Labute approximate surface area is 164 Å². The van der Waals surface area contributed by atoms with Crippen molar-refractivity contribution in [1.29, 1.82) is 0 Å². The van der Waals surface area contributed by atoms with Crippen LogP contribution in [0.1, 0.15) is 37.7 Å². The number of anilines is 1. The Bertz CT molecular complexity index is 1040. The molecule has 11 heteroatoms. The summed E-state index contributed by atoms with van der Waals surface area (Å²) >= 11 is 5.88. The number of Topliss-reactive ketones (excluding diaryl/α,β-unsaturated/α-hetero) is 2. The van der Waals surface area contributed by atoms with E-state index in [0.29, 0.717) is 17.8 Å². The first kappa shape index (κ1) is 20.8.